The quantitative estimate of drug-likeness (QED) is 0.357. The molecule has 0 atom stereocenters. The largest absolute Gasteiger partial charge is 0.454 e. The van der Waals surface area contributed by atoms with Crippen molar-refractivity contribution in [2.75, 3.05) is 37.9 Å². The molecule has 0 amide bonds. The number of halogens is 1. The van der Waals surface area contributed by atoms with Gasteiger partial charge in [0.1, 0.15) is 0 Å². The van der Waals surface area contributed by atoms with E-state index in [9.17, 15) is 0 Å². The molecule has 0 radical (unpaired) electrons. The zero-order valence-electron chi connectivity index (χ0n) is 19.5. The molecule has 7 rings (SSSR count). The Morgan fingerprint density at radius 3 is 2.50 bits per heavy atom. The minimum atomic E-state index is 0.297. The smallest absolute Gasteiger partial charge is 0.231 e. The van der Waals surface area contributed by atoms with Gasteiger partial charge in [0.15, 0.2) is 23.0 Å². The summed E-state index contributed by atoms with van der Waals surface area (Å²) >= 11 is 6.14. The molecule has 0 aliphatic carbocycles. The Labute approximate surface area is 212 Å². The number of fused-ring (bicyclic) bond motifs is 4. The van der Waals surface area contributed by atoms with Gasteiger partial charge in [0.05, 0.1) is 5.52 Å². The van der Waals surface area contributed by atoms with Crippen molar-refractivity contribution in [1.82, 2.24) is 24.5 Å². The van der Waals surface area contributed by atoms with E-state index in [1.807, 2.05) is 54.6 Å². The Morgan fingerprint density at radius 2 is 1.64 bits per heavy atom. The maximum Gasteiger partial charge on any atom is 0.231 e. The molecule has 36 heavy (non-hydrogen) atoms. The van der Waals surface area contributed by atoms with Crippen molar-refractivity contribution in [3.8, 4) is 22.9 Å². The summed E-state index contributed by atoms with van der Waals surface area (Å²) in [6.45, 7) is 4.71. The Kier molecular flexibility index (Phi) is 5.15. The molecular formula is C27H23ClN6O2. The van der Waals surface area contributed by atoms with Gasteiger partial charge in [-0.2, -0.15) is 0 Å². The van der Waals surface area contributed by atoms with Crippen LogP contribution in [-0.4, -0.2) is 57.5 Å². The predicted molar refractivity (Wildman–Crippen MR) is 139 cm³/mol. The molecule has 8 nitrogen and oxygen atoms in total. The summed E-state index contributed by atoms with van der Waals surface area (Å²) in [7, 11) is 0. The van der Waals surface area contributed by atoms with Crippen LogP contribution < -0.4 is 14.4 Å². The molecule has 0 unspecified atom stereocenters. The van der Waals surface area contributed by atoms with Crippen LogP contribution in [0.2, 0.25) is 5.02 Å². The summed E-state index contributed by atoms with van der Waals surface area (Å²) in [6, 6.07) is 22.0. The highest BCUT2D eigenvalue weighted by molar-refractivity contribution is 6.30. The maximum absolute atomic E-state index is 6.14. The standard InChI is InChI=1S/C27H23ClN6O2/c28-20-8-6-19(7-9-20)25-30-31-26-21-3-1-2-4-22(21)29-27(34(25)26)33-13-11-32(12-14-33)16-18-5-10-23-24(15-18)36-17-35-23/h1-10,15H,11-14,16-17H2. The van der Waals surface area contributed by atoms with Crippen LogP contribution >= 0.6 is 11.6 Å². The molecule has 2 aliphatic heterocycles. The molecule has 0 bridgehead atoms. The number of aromatic nitrogens is 4. The topological polar surface area (TPSA) is 68.0 Å². The summed E-state index contributed by atoms with van der Waals surface area (Å²) in [6.07, 6.45) is 0. The Morgan fingerprint density at radius 1 is 0.833 bits per heavy atom. The van der Waals surface area contributed by atoms with Crippen LogP contribution in [0.25, 0.3) is 27.9 Å². The van der Waals surface area contributed by atoms with Crippen LogP contribution in [-0.2, 0) is 6.54 Å². The van der Waals surface area contributed by atoms with Gasteiger partial charge in [0, 0.05) is 48.7 Å². The summed E-state index contributed by atoms with van der Waals surface area (Å²) in [5.41, 5.74) is 3.90. The lowest BCUT2D eigenvalue weighted by molar-refractivity contribution is 0.174. The lowest BCUT2D eigenvalue weighted by Gasteiger charge is -2.35. The molecule has 4 heterocycles. The van der Waals surface area contributed by atoms with Gasteiger partial charge in [0.25, 0.3) is 0 Å². The van der Waals surface area contributed by atoms with Gasteiger partial charge < -0.3 is 14.4 Å². The second-order valence-corrected chi connectivity index (χ2v) is 9.51. The SMILES string of the molecule is Clc1ccc(-c2nnc3c4ccccc4nc(N4CCN(Cc5ccc6c(c5)OCO6)CC4)n23)cc1. The van der Waals surface area contributed by atoms with Crippen LogP contribution in [0.1, 0.15) is 5.56 Å². The predicted octanol–water partition coefficient (Wildman–Crippen LogP) is 4.65. The van der Waals surface area contributed by atoms with Crippen molar-refractivity contribution in [2.45, 2.75) is 6.54 Å². The minimum absolute atomic E-state index is 0.297. The van der Waals surface area contributed by atoms with E-state index in [4.69, 9.17) is 26.1 Å². The highest BCUT2D eigenvalue weighted by Gasteiger charge is 2.24. The van der Waals surface area contributed by atoms with Crippen LogP contribution in [0.4, 0.5) is 5.95 Å². The summed E-state index contributed by atoms with van der Waals surface area (Å²) in [5.74, 6) is 3.27. The first-order chi connectivity index (χ1) is 17.7. The number of para-hydroxylation sites is 1. The van der Waals surface area contributed by atoms with Crippen molar-refractivity contribution in [3.05, 3.63) is 77.3 Å². The third-order valence-electron chi connectivity index (χ3n) is 6.83. The molecule has 5 aromatic rings. The van der Waals surface area contributed by atoms with E-state index in [1.165, 1.54) is 5.56 Å². The first-order valence-corrected chi connectivity index (χ1v) is 12.4. The first-order valence-electron chi connectivity index (χ1n) is 12.0. The van der Waals surface area contributed by atoms with E-state index < -0.39 is 0 Å². The molecule has 3 aromatic carbocycles. The molecule has 2 aliphatic rings. The zero-order valence-corrected chi connectivity index (χ0v) is 20.2. The fraction of sp³-hybridized carbons (Fsp3) is 0.222. The Hall–Kier alpha value is -3.88. The van der Waals surface area contributed by atoms with E-state index in [-0.39, 0.29) is 0 Å². The minimum Gasteiger partial charge on any atom is -0.454 e. The molecule has 180 valence electrons. The van der Waals surface area contributed by atoms with E-state index in [2.05, 4.69) is 36.5 Å². The first kappa shape index (κ1) is 21.4. The van der Waals surface area contributed by atoms with Crippen molar-refractivity contribution in [2.24, 2.45) is 0 Å². The number of anilines is 1. The molecule has 1 fully saturated rings. The number of nitrogens with zero attached hydrogens (tertiary/aromatic N) is 6. The van der Waals surface area contributed by atoms with Gasteiger partial charge in [-0.05, 0) is 54.1 Å². The number of hydrogen-bond acceptors (Lipinski definition) is 7. The maximum atomic E-state index is 6.14. The highest BCUT2D eigenvalue weighted by atomic mass is 35.5. The van der Waals surface area contributed by atoms with Gasteiger partial charge in [0.2, 0.25) is 12.7 Å². The molecule has 0 spiro atoms. The highest BCUT2D eigenvalue weighted by Crippen LogP contribution is 2.33. The lowest BCUT2D eigenvalue weighted by atomic mass is 10.1. The number of benzene rings is 3. The van der Waals surface area contributed by atoms with E-state index in [0.717, 1.165) is 78.1 Å². The monoisotopic (exact) mass is 498 g/mol. The van der Waals surface area contributed by atoms with Crippen molar-refractivity contribution >= 4 is 34.1 Å². The van der Waals surface area contributed by atoms with E-state index >= 15 is 0 Å². The van der Waals surface area contributed by atoms with Gasteiger partial charge in [-0.3, -0.25) is 4.90 Å². The third-order valence-corrected chi connectivity index (χ3v) is 7.08. The summed E-state index contributed by atoms with van der Waals surface area (Å²) in [4.78, 5) is 9.87. The number of hydrogen-bond donors (Lipinski definition) is 0. The molecule has 1 saturated heterocycles. The van der Waals surface area contributed by atoms with Crippen LogP contribution in [0.5, 0.6) is 11.5 Å². The summed E-state index contributed by atoms with van der Waals surface area (Å²) < 4.78 is 13.1. The number of rotatable bonds is 4. The van der Waals surface area contributed by atoms with Gasteiger partial charge in [-0.15, -0.1) is 10.2 Å². The van der Waals surface area contributed by atoms with Crippen molar-refractivity contribution < 1.29 is 9.47 Å². The third kappa shape index (κ3) is 3.70. The van der Waals surface area contributed by atoms with Crippen LogP contribution in [0, 0.1) is 0 Å². The molecule has 0 saturated carbocycles. The zero-order chi connectivity index (χ0) is 24.1. The molecule has 0 N–H and O–H groups in total. The van der Waals surface area contributed by atoms with Gasteiger partial charge in [-0.1, -0.05) is 29.8 Å². The second kappa shape index (κ2) is 8.65. The second-order valence-electron chi connectivity index (χ2n) is 9.07. The fourth-order valence-corrected chi connectivity index (χ4v) is 5.09. The lowest BCUT2D eigenvalue weighted by Crippen LogP contribution is -2.46. The Bertz CT molecular complexity index is 1580. The van der Waals surface area contributed by atoms with E-state index in [0.29, 0.717) is 11.8 Å². The normalized spacial score (nSPS) is 15.8. The number of piperazine rings is 1. The summed E-state index contributed by atoms with van der Waals surface area (Å²) in [5, 5.41) is 10.8. The van der Waals surface area contributed by atoms with Crippen molar-refractivity contribution in [1.29, 1.82) is 0 Å². The molecular weight excluding hydrogens is 476 g/mol. The van der Waals surface area contributed by atoms with Crippen LogP contribution in [0.15, 0.2) is 66.7 Å². The number of ether oxygens (including phenoxy) is 2. The molecule has 2 aromatic heterocycles. The van der Waals surface area contributed by atoms with Gasteiger partial charge in [-0.25, -0.2) is 9.38 Å². The Balaban J connectivity index is 1.21. The van der Waals surface area contributed by atoms with Crippen molar-refractivity contribution in [3.63, 3.8) is 0 Å². The average Bonchev–Trinajstić information content (AvgIpc) is 3.57. The van der Waals surface area contributed by atoms with Crippen LogP contribution in [0.3, 0.4) is 0 Å². The van der Waals surface area contributed by atoms with E-state index in [1.54, 1.807) is 0 Å². The van der Waals surface area contributed by atoms with Gasteiger partial charge >= 0.3 is 0 Å². The molecule has 9 heteroatoms. The fourth-order valence-electron chi connectivity index (χ4n) is 4.97. The average molecular weight is 499 g/mol.